The van der Waals surface area contributed by atoms with E-state index in [9.17, 15) is 13.2 Å². The van der Waals surface area contributed by atoms with E-state index in [2.05, 4.69) is 0 Å². The van der Waals surface area contributed by atoms with Crippen molar-refractivity contribution in [3.8, 4) is 0 Å². The zero-order chi connectivity index (χ0) is 13.2. The SMILES string of the molecule is CN1CCN(C(F)(F)F)C(Cc2ccccc2)C1. The van der Waals surface area contributed by atoms with Crippen molar-refractivity contribution in [2.75, 3.05) is 26.7 Å². The van der Waals surface area contributed by atoms with Gasteiger partial charge in [-0.05, 0) is 19.0 Å². The van der Waals surface area contributed by atoms with Crippen molar-refractivity contribution >= 4 is 0 Å². The van der Waals surface area contributed by atoms with Crippen LogP contribution in [0.15, 0.2) is 30.3 Å². The molecule has 1 aliphatic heterocycles. The maximum absolute atomic E-state index is 12.9. The lowest BCUT2D eigenvalue weighted by Gasteiger charge is -2.40. The Morgan fingerprint density at radius 3 is 2.44 bits per heavy atom. The van der Waals surface area contributed by atoms with E-state index < -0.39 is 12.3 Å². The minimum atomic E-state index is -4.24. The van der Waals surface area contributed by atoms with Crippen LogP contribution < -0.4 is 0 Å². The lowest BCUT2D eigenvalue weighted by molar-refractivity contribution is -0.266. The average Bonchev–Trinajstić information content (AvgIpc) is 2.28. The van der Waals surface area contributed by atoms with Crippen LogP contribution >= 0.6 is 0 Å². The Hall–Kier alpha value is -1.07. The second-order valence-electron chi connectivity index (χ2n) is 4.77. The molecule has 0 aromatic heterocycles. The molecule has 0 aliphatic carbocycles. The predicted octanol–water partition coefficient (Wildman–Crippen LogP) is 2.36. The molecule has 1 unspecified atom stereocenters. The lowest BCUT2D eigenvalue weighted by Crippen LogP contribution is -2.57. The molecule has 0 spiro atoms. The third-order valence-corrected chi connectivity index (χ3v) is 3.33. The van der Waals surface area contributed by atoms with Gasteiger partial charge in [0.25, 0.3) is 0 Å². The van der Waals surface area contributed by atoms with Crippen molar-refractivity contribution in [1.29, 1.82) is 0 Å². The molecule has 1 saturated heterocycles. The third-order valence-electron chi connectivity index (χ3n) is 3.33. The molecule has 1 atom stereocenters. The van der Waals surface area contributed by atoms with Crippen LogP contribution in [0, 0.1) is 0 Å². The van der Waals surface area contributed by atoms with Gasteiger partial charge in [0.05, 0.1) is 0 Å². The second-order valence-corrected chi connectivity index (χ2v) is 4.77. The van der Waals surface area contributed by atoms with Crippen molar-refractivity contribution in [2.45, 2.75) is 18.8 Å². The van der Waals surface area contributed by atoms with E-state index in [4.69, 9.17) is 0 Å². The highest BCUT2D eigenvalue weighted by Crippen LogP contribution is 2.27. The largest absolute Gasteiger partial charge is 0.460 e. The van der Waals surface area contributed by atoms with Gasteiger partial charge in [-0.1, -0.05) is 30.3 Å². The number of likely N-dealkylation sites (N-methyl/N-ethyl adjacent to an activating group) is 1. The Bertz CT molecular complexity index is 378. The van der Waals surface area contributed by atoms with Gasteiger partial charge in [0.1, 0.15) is 0 Å². The topological polar surface area (TPSA) is 6.48 Å². The molecule has 2 rings (SSSR count). The van der Waals surface area contributed by atoms with Gasteiger partial charge in [0.2, 0.25) is 0 Å². The Labute approximate surface area is 105 Å². The number of hydrogen-bond acceptors (Lipinski definition) is 2. The quantitative estimate of drug-likeness (QED) is 0.751. The van der Waals surface area contributed by atoms with Gasteiger partial charge in [-0.2, -0.15) is 13.2 Å². The molecule has 1 fully saturated rings. The smallest absolute Gasteiger partial charge is 0.304 e. The van der Waals surface area contributed by atoms with Gasteiger partial charge in [-0.15, -0.1) is 0 Å². The summed E-state index contributed by atoms with van der Waals surface area (Å²) in [6.07, 6.45) is -3.80. The number of rotatable bonds is 2. The summed E-state index contributed by atoms with van der Waals surface area (Å²) in [5.74, 6) is 0. The van der Waals surface area contributed by atoms with E-state index in [0.717, 1.165) is 5.56 Å². The molecule has 0 radical (unpaired) electrons. The van der Waals surface area contributed by atoms with Gasteiger partial charge < -0.3 is 4.90 Å². The molecular weight excluding hydrogens is 241 g/mol. The first-order valence-electron chi connectivity index (χ1n) is 6.03. The first-order valence-corrected chi connectivity index (χ1v) is 6.03. The van der Waals surface area contributed by atoms with Gasteiger partial charge in [0.15, 0.2) is 0 Å². The lowest BCUT2D eigenvalue weighted by atomic mass is 10.0. The summed E-state index contributed by atoms with van der Waals surface area (Å²) in [7, 11) is 1.87. The molecule has 2 nitrogen and oxygen atoms in total. The summed E-state index contributed by atoms with van der Waals surface area (Å²) in [5, 5.41) is 0. The van der Waals surface area contributed by atoms with Crippen LogP contribution in [0.3, 0.4) is 0 Å². The monoisotopic (exact) mass is 258 g/mol. The van der Waals surface area contributed by atoms with Crippen LogP contribution in [-0.4, -0.2) is 48.8 Å². The predicted molar refractivity (Wildman–Crippen MR) is 64.2 cm³/mol. The minimum absolute atomic E-state index is 0.0531. The summed E-state index contributed by atoms with van der Waals surface area (Å²) in [5.41, 5.74) is 0.951. The average molecular weight is 258 g/mol. The Morgan fingerprint density at radius 2 is 1.83 bits per heavy atom. The Morgan fingerprint density at radius 1 is 1.17 bits per heavy atom. The van der Waals surface area contributed by atoms with Crippen molar-refractivity contribution in [3.05, 3.63) is 35.9 Å². The summed E-state index contributed by atoms with van der Waals surface area (Å²) in [6, 6.07) is 8.86. The number of halogens is 3. The maximum Gasteiger partial charge on any atom is 0.460 e. The van der Waals surface area contributed by atoms with Crippen molar-refractivity contribution in [1.82, 2.24) is 9.80 Å². The molecule has 1 aromatic rings. The van der Waals surface area contributed by atoms with E-state index in [0.29, 0.717) is 24.4 Å². The molecule has 0 N–H and O–H groups in total. The van der Waals surface area contributed by atoms with Gasteiger partial charge in [0, 0.05) is 25.7 Å². The van der Waals surface area contributed by atoms with Gasteiger partial charge >= 0.3 is 6.30 Å². The number of piperazine rings is 1. The fourth-order valence-corrected chi connectivity index (χ4v) is 2.41. The molecule has 0 saturated carbocycles. The van der Waals surface area contributed by atoms with Crippen molar-refractivity contribution < 1.29 is 13.2 Å². The number of hydrogen-bond donors (Lipinski definition) is 0. The Kier molecular flexibility index (Phi) is 3.92. The van der Waals surface area contributed by atoms with E-state index in [1.165, 1.54) is 0 Å². The van der Waals surface area contributed by atoms with E-state index in [-0.39, 0.29) is 6.54 Å². The van der Waals surface area contributed by atoms with Crippen molar-refractivity contribution in [3.63, 3.8) is 0 Å². The number of benzene rings is 1. The number of nitrogens with zero attached hydrogens (tertiary/aromatic N) is 2. The summed E-state index contributed by atoms with van der Waals surface area (Å²) >= 11 is 0. The zero-order valence-electron chi connectivity index (χ0n) is 10.3. The molecule has 18 heavy (non-hydrogen) atoms. The van der Waals surface area contributed by atoms with Crippen LogP contribution in [-0.2, 0) is 6.42 Å². The van der Waals surface area contributed by atoms with Gasteiger partial charge in [-0.3, -0.25) is 0 Å². The van der Waals surface area contributed by atoms with Crippen LogP contribution in [0.5, 0.6) is 0 Å². The summed E-state index contributed by atoms with van der Waals surface area (Å²) in [6.45, 7) is 0.969. The molecule has 5 heteroatoms. The highest BCUT2D eigenvalue weighted by Gasteiger charge is 2.43. The highest BCUT2D eigenvalue weighted by molar-refractivity contribution is 5.16. The van der Waals surface area contributed by atoms with Crippen LogP contribution in [0.25, 0.3) is 0 Å². The first kappa shape index (κ1) is 13.4. The van der Waals surface area contributed by atoms with E-state index in [1.54, 1.807) is 0 Å². The second kappa shape index (κ2) is 5.28. The highest BCUT2D eigenvalue weighted by atomic mass is 19.4. The fourth-order valence-electron chi connectivity index (χ4n) is 2.41. The summed E-state index contributed by atoms with van der Waals surface area (Å²) in [4.78, 5) is 2.62. The molecule has 0 amide bonds. The molecular formula is C13H17F3N2. The molecule has 1 aliphatic rings. The molecule has 1 aromatic carbocycles. The van der Waals surface area contributed by atoms with E-state index in [1.807, 2.05) is 42.3 Å². The summed E-state index contributed by atoms with van der Waals surface area (Å²) < 4.78 is 38.8. The van der Waals surface area contributed by atoms with Crippen LogP contribution in [0.1, 0.15) is 5.56 Å². The van der Waals surface area contributed by atoms with Crippen molar-refractivity contribution in [2.24, 2.45) is 0 Å². The maximum atomic E-state index is 12.9. The zero-order valence-corrected chi connectivity index (χ0v) is 10.3. The minimum Gasteiger partial charge on any atom is -0.304 e. The standard InChI is InChI=1S/C13H17F3N2/c1-17-7-8-18(13(14,15)16)12(10-17)9-11-5-3-2-4-6-11/h2-6,12H,7-10H2,1H3. The van der Waals surface area contributed by atoms with Crippen LogP contribution in [0.4, 0.5) is 13.2 Å². The number of alkyl halides is 3. The normalized spacial score (nSPS) is 23.2. The first-order chi connectivity index (χ1) is 8.47. The Balaban J connectivity index is 2.11. The van der Waals surface area contributed by atoms with Crippen LogP contribution in [0.2, 0.25) is 0 Å². The third kappa shape index (κ3) is 3.23. The molecule has 1 heterocycles. The fraction of sp³-hybridized carbons (Fsp3) is 0.538. The molecule has 100 valence electrons. The molecule has 0 bridgehead atoms. The van der Waals surface area contributed by atoms with E-state index >= 15 is 0 Å². The van der Waals surface area contributed by atoms with Gasteiger partial charge in [-0.25, -0.2) is 4.90 Å².